The number of amides is 1. The second-order valence-corrected chi connectivity index (χ2v) is 6.42. The van der Waals surface area contributed by atoms with Gasteiger partial charge in [0.25, 0.3) is 5.91 Å². The summed E-state index contributed by atoms with van der Waals surface area (Å²) in [4.78, 5) is 21.5. The number of para-hydroxylation sites is 1. The highest BCUT2D eigenvalue weighted by molar-refractivity contribution is 5.95. The number of rotatable bonds is 3. The van der Waals surface area contributed by atoms with Gasteiger partial charge in [0.2, 0.25) is 0 Å². The number of halogens is 1. The van der Waals surface area contributed by atoms with Crippen molar-refractivity contribution < 1.29 is 9.18 Å². The van der Waals surface area contributed by atoms with Crippen molar-refractivity contribution in [3.8, 4) is 0 Å². The smallest absolute Gasteiger partial charge is 0.272 e. The SMILES string of the molecule is CCc1nc2ccccn2c1C(=O)N1CCN(c2ccccc2F)CC1. The molecule has 4 rings (SSSR count). The Morgan fingerprint density at radius 3 is 2.54 bits per heavy atom. The lowest BCUT2D eigenvalue weighted by Crippen LogP contribution is -2.49. The minimum absolute atomic E-state index is 0.00580. The Hall–Kier alpha value is -2.89. The van der Waals surface area contributed by atoms with Gasteiger partial charge in [0.05, 0.1) is 11.4 Å². The lowest BCUT2D eigenvalue weighted by molar-refractivity contribution is 0.0738. The summed E-state index contributed by atoms with van der Waals surface area (Å²) in [7, 11) is 0. The van der Waals surface area contributed by atoms with Crippen LogP contribution in [0.1, 0.15) is 23.1 Å². The van der Waals surface area contributed by atoms with Crippen molar-refractivity contribution in [2.75, 3.05) is 31.1 Å². The highest BCUT2D eigenvalue weighted by atomic mass is 19.1. The van der Waals surface area contributed by atoms with Crippen molar-refractivity contribution in [1.82, 2.24) is 14.3 Å². The monoisotopic (exact) mass is 352 g/mol. The lowest BCUT2D eigenvalue weighted by Gasteiger charge is -2.36. The number of hydrogen-bond donors (Lipinski definition) is 0. The molecule has 1 saturated heterocycles. The minimum atomic E-state index is -0.220. The van der Waals surface area contributed by atoms with Crippen LogP contribution in [0.25, 0.3) is 5.65 Å². The normalized spacial score (nSPS) is 14.8. The molecule has 26 heavy (non-hydrogen) atoms. The van der Waals surface area contributed by atoms with Crippen LogP contribution in [0, 0.1) is 5.82 Å². The first kappa shape index (κ1) is 16.6. The standard InChI is InChI=1S/C20H21FN4O/c1-2-16-19(25-10-6-5-9-18(25)22-16)20(26)24-13-11-23(12-14-24)17-8-4-3-7-15(17)21/h3-10H,2,11-14H2,1H3. The first-order chi connectivity index (χ1) is 12.7. The maximum Gasteiger partial charge on any atom is 0.272 e. The van der Waals surface area contributed by atoms with Crippen LogP contribution < -0.4 is 4.90 Å². The molecule has 0 atom stereocenters. The highest BCUT2D eigenvalue weighted by Gasteiger charge is 2.27. The molecule has 0 N–H and O–H groups in total. The molecule has 1 aliphatic heterocycles. The van der Waals surface area contributed by atoms with Crippen LogP contribution in [-0.2, 0) is 6.42 Å². The van der Waals surface area contributed by atoms with Gasteiger partial charge in [-0.15, -0.1) is 0 Å². The van der Waals surface area contributed by atoms with E-state index in [9.17, 15) is 9.18 Å². The van der Waals surface area contributed by atoms with Gasteiger partial charge in [-0.3, -0.25) is 9.20 Å². The molecule has 1 aromatic carbocycles. The molecule has 5 nitrogen and oxygen atoms in total. The van der Waals surface area contributed by atoms with E-state index in [1.54, 1.807) is 12.1 Å². The Kier molecular flexibility index (Phi) is 4.32. The van der Waals surface area contributed by atoms with Crippen LogP contribution in [0.15, 0.2) is 48.7 Å². The quantitative estimate of drug-likeness (QED) is 0.728. The van der Waals surface area contributed by atoms with Crippen molar-refractivity contribution in [3.05, 3.63) is 65.9 Å². The van der Waals surface area contributed by atoms with Crippen LogP contribution in [0.3, 0.4) is 0 Å². The number of pyridine rings is 1. The van der Waals surface area contributed by atoms with E-state index in [4.69, 9.17) is 0 Å². The zero-order valence-electron chi connectivity index (χ0n) is 14.7. The number of hydrogen-bond acceptors (Lipinski definition) is 3. The summed E-state index contributed by atoms with van der Waals surface area (Å²) in [6.45, 7) is 4.37. The largest absolute Gasteiger partial charge is 0.366 e. The zero-order valence-corrected chi connectivity index (χ0v) is 14.7. The van der Waals surface area contributed by atoms with Crippen LogP contribution in [0.4, 0.5) is 10.1 Å². The number of benzene rings is 1. The molecule has 1 amide bonds. The summed E-state index contributed by atoms with van der Waals surface area (Å²) in [5, 5.41) is 0. The Morgan fingerprint density at radius 2 is 1.81 bits per heavy atom. The molecule has 0 bridgehead atoms. The molecule has 134 valence electrons. The van der Waals surface area contributed by atoms with Crippen molar-refractivity contribution in [2.45, 2.75) is 13.3 Å². The summed E-state index contributed by atoms with van der Waals surface area (Å²) >= 11 is 0. The number of anilines is 1. The van der Waals surface area contributed by atoms with Crippen molar-refractivity contribution in [2.24, 2.45) is 0 Å². The third-order valence-corrected chi connectivity index (χ3v) is 4.90. The average Bonchev–Trinajstić information content (AvgIpc) is 3.06. The van der Waals surface area contributed by atoms with E-state index in [0.29, 0.717) is 44.0 Å². The minimum Gasteiger partial charge on any atom is -0.366 e. The number of carbonyl (C=O) groups is 1. The van der Waals surface area contributed by atoms with E-state index in [-0.39, 0.29) is 11.7 Å². The third-order valence-electron chi connectivity index (χ3n) is 4.90. The number of carbonyl (C=O) groups excluding carboxylic acids is 1. The number of imidazole rings is 1. The van der Waals surface area contributed by atoms with E-state index in [1.807, 2.05) is 51.6 Å². The van der Waals surface area contributed by atoms with E-state index in [2.05, 4.69) is 4.98 Å². The maximum absolute atomic E-state index is 14.0. The molecular formula is C20H21FN4O. The van der Waals surface area contributed by atoms with Gasteiger partial charge in [0, 0.05) is 32.4 Å². The van der Waals surface area contributed by atoms with Crippen molar-refractivity contribution in [1.29, 1.82) is 0 Å². The molecule has 3 heterocycles. The molecule has 1 aliphatic rings. The van der Waals surface area contributed by atoms with Gasteiger partial charge in [-0.2, -0.15) is 0 Å². The Bertz CT molecular complexity index is 944. The molecule has 6 heteroatoms. The predicted octanol–water partition coefficient (Wildman–Crippen LogP) is 3.00. The van der Waals surface area contributed by atoms with Gasteiger partial charge >= 0.3 is 0 Å². The van der Waals surface area contributed by atoms with E-state index >= 15 is 0 Å². The van der Waals surface area contributed by atoms with Crippen molar-refractivity contribution in [3.63, 3.8) is 0 Å². The number of piperazine rings is 1. The first-order valence-corrected chi connectivity index (χ1v) is 8.93. The van der Waals surface area contributed by atoms with E-state index in [1.165, 1.54) is 6.07 Å². The molecule has 3 aromatic rings. The number of nitrogens with zero attached hydrogens (tertiary/aromatic N) is 4. The second kappa shape index (κ2) is 6.78. The fourth-order valence-corrected chi connectivity index (χ4v) is 3.53. The van der Waals surface area contributed by atoms with Crippen LogP contribution in [-0.4, -0.2) is 46.4 Å². The summed E-state index contributed by atoms with van der Waals surface area (Å²) < 4.78 is 15.9. The summed E-state index contributed by atoms with van der Waals surface area (Å²) in [5.41, 5.74) is 2.85. The van der Waals surface area contributed by atoms with Gasteiger partial charge < -0.3 is 9.80 Å². The van der Waals surface area contributed by atoms with Gasteiger partial charge in [-0.05, 0) is 30.7 Å². The van der Waals surface area contributed by atoms with Gasteiger partial charge in [-0.25, -0.2) is 9.37 Å². The highest BCUT2D eigenvalue weighted by Crippen LogP contribution is 2.22. The fraction of sp³-hybridized carbons (Fsp3) is 0.300. The Labute approximate surface area is 151 Å². The number of aryl methyl sites for hydroxylation is 1. The third kappa shape index (κ3) is 2.81. The second-order valence-electron chi connectivity index (χ2n) is 6.42. The van der Waals surface area contributed by atoms with Gasteiger partial charge in [0.1, 0.15) is 17.2 Å². The summed E-state index contributed by atoms with van der Waals surface area (Å²) in [6, 6.07) is 12.5. The number of fused-ring (bicyclic) bond motifs is 1. The number of aromatic nitrogens is 2. The maximum atomic E-state index is 14.0. The van der Waals surface area contributed by atoms with E-state index in [0.717, 1.165) is 11.3 Å². The average molecular weight is 352 g/mol. The summed E-state index contributed by atoms with van der Waals surface area (Å²) in [5.74, 6) is -0.226. The van der Waals surface area contributed by atoms with Crippen LogP contribution in [0.2, 0.25) is 0 Å². The Balaban J connectivity index is 1.55. The molecule has 0 spiro atoms. The molecular weight excluding hydrogens is 331 g/mol. The van der Waals surface area contributed by atoms with Gasteiger partial charge in [0.15, 0.2) is 0 Å². The molecule has 0 aliphatic carbocycles. The van der Waals surface area contributed by atoms with Crippen LogP contribution in [0.5, 0.6) is 0 Å². The predicted molar refractivity (Wildman–Crippen MR) is 99.1 cm³/mol. The van der Waals surface area contributed by atoms with Gasteiger partial charge in [-0.1, -0.05) is 25.1 Å². The fourth-order valence-electron chi connectivity index (χ4n) is 3.53. The summed E-state index contributed by atoms with van der Waals surface area (Å²) in [6.07, 6.45) is 2.59. The molecule has 0 unspecified atom stereocenters. The van der Waals surface area contributed by atoms with Crippen LogP contribution >= 0.6 is 0 Å². The molecule has 0 saturated carbocycles. The molecule has 1 fully saturated rings. The Morgan fingerprint density at radius 1 is 1.08 bits per heavy atom. The topological polar surface area (TPSA) is 40.9 Å². The van der Waals surface area contributed by atoms with E-state index < -0.39 is 0 Å². The lowest BCUT2D eigenvalue weighted by atomic mass is 10.2. The molecule has 0 radical (unpaired) electrons. The zero-order chi connectivity index (χ0) is 18.1. The first-order valence-electron chi connectivity index (χ1n) is 8.93. The van der Waals surface area contributed by atoms with Crippen molar-refractivity contribution >= 4 is 17.2 Å². The molecule has 2 aromatic heterocycles.